The molecule has 0 amide bonds. The van der Waals surface area contributed by atoms with E-state index in [0.29, 0.717) is 0 Å². The van der Waals surface area contributed by atoms with Crippen LogP contribution in [-0.2, 0) is 0 Å². The molecule has 0 saturated heterocycles. The number of hydrogen-bond acceptors (Lipinski definition) is 3. The SMILES string of the molecule is COc1ccc(C(CC(C)N)c2ccc(OC)cc2)cc1. The number of hydrogen-bond donors (Lipinski definition) is 1. The summed E-state index contributed by atoms with van der Waals surface area (Å²) < 4.78 is 10.4. The summed E-state index contributed by atoms with van der Waals surface area (Å²) in [6.45, 7) is 2.04. The third-order valence-corrected chi connectivity index (χ3v) is 3.64. The third kappa shape index (κ3) is 3.99. The second-order valence-corrected chi connectivity index (χ2v) is 5.31. The summed E-state index contributed by atoms with van der Waals surface area (Å²) in [6.07, 6.45) is 0.901. The van der Waals surface area contributed by atoms with Crippen LogP contribution in [0.1, 0.15) is 30.4 Å². The highest BCUT2D eigenvalue weighted by Crippen LogP contribution is 2.31. The van der Waals surface area contributed by atoms with Crippen LogP contribution in [0, 0.1) is 0 Å². The zero-order chi connectivity index (χ0) is 15.2. The monoisotopic (exact) mass is 285 g/mol. The fourth-order valence-electron chi connectivity index (χ4n) is 2.51. The predicted octanol–water partition coefficient (Wildman–Crippen LogP) is 3.57. The maximum absolute atomic E-state index is 6.03. The van der Waals surface area contributed by atoms with Crippen LogP contribution >= 0.6 is 0 Å². The van der Waals surface area contributed by atoms with Crippen molar-refractivity contribution in [3.8, 4) is 11.5 Å². The first kappa shape index (κ1) is 15.4. The molecule has 0 heterocycles. The minimum absolute atomic E-state index is 0.138. The van der Waals surface area contributed by atoms with Crippen molar-refractivity contribution in [3.63, 3.8) is 0 Å². The van der Waals surface area contributed by atoms with Gasteiger partial charge in [-0.05, 0) is 48.7 Å². The van der Waals surface area contributed by atoms with Crippen LogP contribution in [-0.4, -0.2) is 20.3 Å². The van der Waals surface area contributed by atoms with Crippen molar-refractivity contribution in [2.24, 2.45) is 5.73 Å². The fraction of sp³-hybridized carbons (Fsp3) is 0.333. The Morgan fingerprint density at radius 1 is 0.810 bits per heavy atom. The molecule has 0 radical (unpaired) electrons. The zero-order valence-corrected chi connectivity index (χ0v) is 12.9. The lowest BCUT2D eigenvalue weighted by Crippen LogP contribution is -2.19. The van der Waals surface area contributed by atoms with Gasteiger partial charge in [0.05, 0.1) is 14.2 Å². The van der Waals surface area contributed by atoms with Crippen LogP contribution in [0.4, 0.5) is 0 Å². The molecule has 0 aliphatic carbocycles. The molecule has 0 spiro atoms. The van der Waals surface area contributed by atoms with Crippen LogP contribution in [0.5, 0.6) is 11.5 Å². The summed E-state index contributed by atoms with van der Waals surface area (Å²) >= 11 is 0. The highest BCUT2D eigenvalue weighted by molar-refractivity contribution is 5.38. The van der Waals surface area contributed by atoms with E-state index in [1.165, 1.54) is 11.1 Å². The average Bonchev–Trinajstić information content (AvgIpc) is 2.53. The molecule has 1 atom stereocenters. The quantitative estimate of drug-likeness (QED) is 0.882. The van der Waals surface area contributed by atoms with E-state index in [9.17, 15) is 0 Å². The van der Waals surface area contributed by atoms with Gasteiger partial charge in [-0.1, -0.05) is 24.3 Å². The van der Waals surface area contributed by atoms with Gasteiger partial charge in [-0.25, -0.2) is 0 Å². The number of nitrogens with two attached hydrogens (primary N) is 1. The van der Waals surface area contributed by atoms with E-state index in [-0.39, 0.29) is 12.0 Å². The Balaban J connectivity index is 2.31. The van der Waals surface area contributed by atoms with E-state index in [2.05, 4.69) is 24.3 Å². The van der Waals surface area contributed by atoms with Gasteiger partial charge in [0.2, 0.25) is 0 Å². The van der Waals surface area contributed by atoms with Crippen molar-refractivity contribution < 1.29 is 9.47 Å². The molecule has 0 aromatic heterocycles. The van der Waals surface area contributed by atoms with Gasteiger partial charge in [-0.2, -0.15) is 0 Å². The highest BCUT2D eigenvalue weighted by Gasteiger charge is 2.16. The molecule has 0 aliphatic heterocycles. The number of ether oxygens (including phenoxy) is 2. The van der Waals surface area contributed by atoms with Crippen LogP contribution in [0.15, 0.2) is 48.5 Å². The van der Waals surface area contributed by atoms with E-state index < -0.39 is 0 Å². The van der Waals surface area contributed by atoms with Gasteiger partial charge in [0.15, 0.2) is 0 Å². The predicted molar refractivity (Wildman–Crippen MR) is 86.1 cm³/mol. The lowest BCUT2D eigenvalue weighted by molar-refractivity contribution is 0.414. The Labute approximate surface area is 126 Å². The lowest BCUT2D eigenvalue weighted by Gasteiger charge is -2.20. The Kier molecular flexibility index (Phi) is 5.23. The number of methoxy groups -OCH3 is 2. The molecule has 2 rings (SSSR count). The first-order valence-electron chi connectivity index (χ1n) is 7.17. The molecule has 3 nitrogen and oxygen atoms in total. The molecule has 0 bridgehead atoms. The first-order chi connectivity index (χ1) is 10.1. The van der Waals surface area contributed by atoms with Crippen LogP contribution in [0.3, 0.4) is 0 Å². The summed E-state index contributed by atoms with van der Waals surface area (Å²) in [5.74, 6) is 2.02. The van der Waals surface area contributed by atoms with Gasteiger partial charge >= 0.3 is 0 Å². The summed E-state index contributed by atoms with van der Waals surface area (Å²) in [7, 11) is 3.36. The normalized spacial score (nSPS) is 12.2. The molecular weight excluding hydrogens is 262 g/mol. The average molecular weight is 285 g/mol. The van der Waals surface area contributed by atoms with E-state index in [1.54, 1.807) is 14.2 Å². The molecule has 0 aliphatic rings. The van der Waals surface area contributed by atoms with Crippen LogP contribution in [0.2, 0.25) is 0 Å². The smallest absolute Gasteiger partial charge is 0.118 e. The molecule has 0 saturated carbocycles. The minimum atomic E-state index is 0.138. The van der Waals surface area contributed by atoms with E-state index in [0.717, 1.165) is 17.9 Å². The van der Waals surface area contributed by atoms with Gasteiger partial charge in [-0.3, -0.25) is 0 Å². The van der Waals surface area contributed by atoms with E-state index >= 15 is 0 Å². The molecule has 0 fully saturated rings. The molecule has 1 unspecified atom stereocenters. The zero-order valence-electron chi connectivity index (χ0n) is 12.9. The second-order valence-electron chi connectivity index (χ2n) is 5.31. The fourth-order valence-corrected chi connectivity index (χ4v) is 2.51. The number of benzene rings is 2. The van der Waals surface area contributed by atoms with Gasteiger partial charge < -0.3 is 15.2 Å². The number of rotatable bonds is 6. The third-order valence-electron chi connectivity index (χ3n) is 3.64. The molecule has 3 heteroatoms. The standard InChI is InChI=1S/C18H23NO2/c1-13(19)12-18(14-4-8-16(20-2)9-5-14)15-6-10-17(21-3)11-7-15/h4-11,13,18H,12,19H2,1-3H3. The summed E-state index contributed by atoms with van der Waals surface area (Å²) in [5.41, 5.74) is 8.53. The maximum atomic E-state index is 6.03. The van der Waals surface area contributed by atoms with Crippen molar-refractivity contribution in [2.75, 3.05) is 14.2 Å². The molecule has 21 heavy (non-hydrogen) atoms. The Morgan fingerprint density at radius 3 is 1.48 bits per heavy atom. The molecule has 2 aromatic rings. The van der Waals surface area contributed by atoms with Crippen molar-refractivity contribution in [3.05, 3.63) is 59.7 Å². The second kappa shape index (κ2) is 7.14. The highest BCUT2D eigenvalue weighted by atomic mass is 16.5. The maximum Gasteiger partial charge on any atom is 0.118 e. The summed E-state index contributed by atoms with van der Waals surface area (Å²) in [6, 6.07) is 16.5. The molecule has 112 valence electrons. The Hall–Kier alpha value is -2.00. The minimum Gasteiger partial charge on any atom is -0.497 e. The van der Waals surface area contributed by atoms with Crippen LogP contribution < -0.4 is 15.2 Å². The Morgan fingerprint density at radius 2 is 1.19 bits per heavy atom. The van der Waals surface area contributed by atoms with Crippen molar-refractivity contribution in [1.29, 1.82) is 0 Å². The summed E-state index contributed by atoms with van der Waals surface area (Å²) in [4.78, 5) is 0. The van der Waals surface area contributed by atoms with Gasteiger partial charge in [0.25, 0.3) is 0 Å². The summed E-state index contributed by atoms with van der Waals surface area (Å²) in [5, 5.41) is 0. The van der Waals surface area contributed by atoms with Gasteiger partial charge in [0, 0.05) is 12.0 Å². The van der Waals surface area contributed by atoms with Crippen LogP contribution in [0.25, 0.3) is 0 Å². The first-order valence-corrected chi connectivity index (χ1v) is 7.17. The Bertz CT molecular complexity index is 499. The van der Waals surface area contributed by atoms with Gasteiger partial charge in [-0.15, -0.1) is 0 Å². The largest absolute Gasteiger partial charge is 0.497 e. The molecular formula is C18H23NO2. The van der Waals surface area contributed by atoms with Crippen molar-refractivity contribution >= 4 is 0 Å². The van der Waals surface area contributed by atoms with E-state index in [1.807, 2.05) is 31.2 Å². The lowest BCUT2D eigenvalue weighted by atomic mass is 9.86. The van der Waals surface area contributed by atoms with Crippen molar-refractivity contribution in [1.82, 2.24) is 0 Å². The van der Waals surface area contributed by atoms with Crippen molar-refractivity contribution in [2.45, 2.75) is 25.3 Å². The van der Waals surface area contributed by atoms with Gasteiger partial charge in [0.1, 0.15) is 11.5 Å². The topological polar surface area (TPSA) is 44.5 Å². The van der Waals surface area contributed by atoms with E-state index in [4.69, 9.17) is 15.2 Å². The molecule has 2 N–H and O–H groups in total. The molecule has 2 aromatic carbocycles.